The highest BCUT2D eigenvalue weighted by Crippen LogP contribution is 2.30. The van der Waals surface area contributed by atoms with Crippen molar-refractivity contribution in [1.82, 2.24) is 5.32 Å². The van der Waals surface area contributed by atoms with Crippen molar-refractivity contribution in [3.8, 4) is 11.8 Å². The van der Waals surface area contributed by atoms with Crippen LogP contribution in [-0.4, -0.2) is 5.91 Å². The second-order valence-electron chi connectivity index (χ2n) is 6.04. The van der Waals surface area contributed by atoms with E-state index >= 15 is 0 Å². The predicted molar refractivity (Wildman–Crippen MR) is 101 cm³/mol. The number of nitrogens with one attached hydrogen (secondary N) is 1. The molecule has 0 atom stereocenters. The Balaban J connectivity index is 1.91. The van der Waals surface area contributed by atoms with Gasteiger partial charge in [0, 0.05) is 17.7 Å². The first kappa shape index (κ1) is 19.2. The summed E-state index contributed by atoms with van der Waals surface area (Å²) in [6, 6.07) is 21.2. The quantitative estimate of drug-likeness (QED) is 0.635. The number of amides is 1. The predicted octanol–water partition coefficient (Wildman–Crippen LogP) is 5.04. The molecule has 0 aliphatic carbocycles. The van der Waals surface area contributed by atoms with E-state index in [1.54, 1.807) is 12.1 Å². The number of carbonyl (C=O) groups excluding carboxylic acids is 1. The van der Waals surface area contributed by atoms with E-state index in [-0.39, 0.29) is 17.7 Å². The fourth-order valence-electron chi connectivity index (χ4n) is 2.55. The molecule has 0 bridgehead atoms. The Morgan fingerprint density at radius 1 is 0.857 bits per heavy atom. The van der Waals surface area contributed by atoms with Gasteiger partial charge in [0.2, 0.25) is 0 Å². The molecule has 28 heavy (non-hydrogen) atoms. The molecule has 1 N–H and O–H groups in total. The van der Waals surface area contributed by atoms with Gasteiger partial charge in [-0.25, -0.2) is 0 Å². The summed E-state index contributed by atoms with van der Waals surface area (Å²) in [5.41, 5.74) is 0.803. The smallest absolute Gasteiger partial charge is 0.348 e. The number of benzene rings is 3. The zero-order valence-corrected chi connectivity index (χ0v) is 14.8. The van der Waals surface area contributed by atoms with Crippen molar-refractivity contribution in [2.24, 2.45) is 0 Å². The Labute approximate surface area is 161 Å². The third kappa shape index (κ3) is 5.01. The second-order valence-corrected chi connectivity index (χ2v) is 6.04. The molecule has 0 radical (unpaired) electrons. The van der Waals surface area contributed by atoms with Gasteiger partial charge in [0.05, 0.1) is 11.1 Å². The van der Waals surface area contributed by atoms with Gasteiger partial charge in [0.25, 0.3) is 5.91 Å². The van der Waals surface area contributed by atoms with E-state index in [0.717, 1.165) is 17.7 Å². The molecular formula is C23H16F3NO. The number of halogens is 3. The summed E-state index contributed by atoms with van der Waals surface area (Å²) in [5.74, 6) is 5.08. The number of alkyl halides is 3. The zero-order valence-electron chi connectivity index (χ0n) is 14.8. The Morgan fingerprint density at radius 3 is 2.14 bits per heavy atom. The highest BCUT2D eigenvalue weighted by Gasteiger charge is 2.31. The van der Waals surface area contributed by atoms with Crippen molar-refractivity contribution in [3.63, 3.8) is 0 Å². The largest absolute Gasteiger partial charge is 0.416 e. The maximum absolute atomic E-state index is 13.1. The van der Waals surface area contributed by atoms with Crippen LogP contribution in [0.15, 0.2) is 78.9 Å². The monoisotopic (exact) mass is 379 g/mol. The Morgan fingerprint density at radius 2 is 1.50 bits per heavy atom. The van der Waals surface area contributed by atoms with Crippen LogP contribution in [0.4, 0.5) is 13.2 Å². The SMILES string of the molecule is O=C(NCc1ccccc1)c1cc(C(F)(F)F)ccc1C#Cc1ccccc1. The van der Waals surface area contributed by atoms with E-state index in [1.165, 1.54) is 6.07 Å². The minimum atomic E-state index is -4.54. The molecule has 140 valence electrons. The van der Waals surface area contributed by atoms with Gasteiger partial charge in [-0.05, 0) is 35.9 Å². The third-order valence-electron chi connectivity index (χ3n) is 4.00. The Hall–Kier alpha value is -3.52. The van der Waals surface area contributed by atoms with Crippen LogP contribution in [0.3, 0.4) is 0 Å². The van der Waals surface area contributed by atoms with Gasteiger partial charge in [-0.2, -0.15) is 13.2 Å². The lowest BCUT2D eigenvalue weighted by Gasteiger charge is -2.11. The molecule has 0 aliphatic heterocycles. The van der Waals surface area contributed by atoms with Crippen LogP contribution in [0.25, 0.3) is 0 Å². The van der Waals surface area contributed by atoms with Crippen LogP contribution in [0.5, 0.6) is 0 Å². The van der Waals surface area contributed by atoms with Gasteiger partial charge >= 0.3 is 6.18 Å². The molecule has 0 spiro atoms. The normalized spacial score (nSPS) is 10.7. The number of hydrogen-bond donors (Lipinski definition) is 1. The molecule has 0 unspecified atom stereocenters. The molecule has 3 aromatic rings. The van der Waals surface area contributed by atoms with Crippen LogP contribution in [0, 0.1) is 11.8 Å². The lowest BCUT2D eigenvalue weighted by Crippen LogP contribution is -2.24. The highest BCUT2D eigenvalue weighted by molar-refractivity contribution is 5.97. The molecule has 3 rings (SSSR count). The van der Waals surface area contributed by atoms with Crippen LogP contribution >= 0.6 is 0 Å². The standard InChI is InChI=1S/C23H16F3NO/c24-23(25,26)20-14-13-19(12-11-17-7-3-1-4-8-17)21(15-20)22(28)27-16-18-9-5-2-6-10-18/h1-10,13-15H,16H2,(H,27,28). The van der Waals surface area contributed by atoms with Crippen LogP contribution in [0.1, 0.15) is 32.6 Å². The van der Waals surface area contributed by atoms with Gasteiger partial charge in [-0.15, -0.1) is 0 Å². The fourth-order valence-corrected chi connectivity index (χ4v) is 2.55. The summed E-state index contributed by atoms with van der Waals surface area (Å²) in [6.45, 7) is 0.210. The van der Waals surface area contributed by atoms with Gasteiger partial charge in [-0.3, -0.25) is 4.79 Å². The summed E-state index contributed by atoms with van der Waals surface area (Å²) in [5, 5.41) is 2.66. The van der Waals surface area contributed by atoms with Gasteiger partial charge in [0.15, 0.2) is 0 Å². The Kier molecular flexibility index (Phi) is 5.81. The van der Waals surface area contributed by atoms with E-state index in [4.69, 9.17) is 0 Å². The highest BCUT2D eigenvalue weighted by atomic mass is 19.4. The molecule has 0 saturated heterocycles. The fraction of sp³-hybridized carbons (Fsp3) is 0.0870. The van der Waals surface area contributed by atoms with Crippen molar-refractivity contribution >= 4 is 5.91 Å². The van der Waals surface area contributed by atoms with E-state index in [9.17, 15) is 18.0 Å². The van der Waals surface area contributed by atoms with Crippen molar-refractivity contribution in [1.29, 1.82) is 0 Å². The topological polar surface area (TPSA) is 29.1 Å². The van der Waals surface area contributed by atoms with Crippen molar-refractivity contribution in [2.45, 2.75) is 12.7 Å². The van der Waals surface area contributed by atoms with Gasteiger partial charge < -0.3 is 5.32 Å². The third-order valence-corrected chi connectivity index (χ3v) is 4.00. The number of hydrogen-bond acceptors (Lipinski definition) is 1. The van der Waals surface area contributed by atoms with Crippen molar-refractivity contribution in [2.75, 3.05) is 0 Å². The molecule has 0 saturated carbocycles. The minimum Gasteiger partial charge on any atom is -0.348 e. The molecule has 0 heterocycles. The minimum absolute atomic E-state index is 0.103. The summed E-state index contributed by atoms with van der Waals surface area (Å²) >= 11 is 0. The Bertz CT molecular complexity index is 1020. The lowest BCUT2D eigenvalue weighted by molar-refractivity contribution is -0.137. The summed E-state index contributed by atoms with van der Waals surface area (Å²) in [7, 11) is 0. The van der Waals surface area contributed by atoms with E-state index < -0.39 is 17.6 Å². The summed E-state index contributed by atoms with van der Waals surface area (Å²) in [6.07, 6.45) is -4.54. The molecule has 0 fully saturated rings. The lowest BCUT2D eigenvalue weighted by atomic mass is 10.0. The molecular weight excluding hydrogens is 363 g/mol. The number of rotatable bonds is 3. The molecule has 2 nitrogen and oxygen atoms in total. The molecule has 3 aromatic carbocycles. The second kappa shape index (κ2) is 8.45. The summed E-state index contributed by atoms with van der Waals surface area (Å²) < 4.78 is 39.3. The maximum atomic E-state index is 13.1. The van der Waals surface area contributed by atoms with E-state index in [0.29, 0.717) is 5.56 Å². The van der Waals surface area contributed by atoms with Gasteiger partial charge in [-0.1, -0.05) is 60.4 Å². The first-order valence-corrected chi connectivity index (χ1v) is 8.54. The van der Waals surface area contributed by atoms with E-state index in [1.807, 2.05) is 48.5 Å². The molecule has 0 aromatic heterocycles. The average molecular weight is 379 g/mol. The van der Waals surface area contributed by atoms with Crippen molar-refractivity contribution < 1.29 is 18.0 Å². The van der Waals surface area contributed by atoms with Crippen LogP contribution in [0.2, 0.25) is 0 Å². The zero-order chi connectivity index (χ0) is 20.0. The van der Waals surface area contributed by atoms with Crippen LogP contribution < -0.4 is 5.32 Å². The van der Waals surface area contributed by atoms with E-state index in [2.05, 4.69) is 17.2 Å². The maximum Gasteiger partial charge on any atom is 0.416 e. The molecule has 5 heteroatoms. The van der Waals surface area contributed by atoms with Crippen molar-refractivity contribution in [3.05, 3.63) is 107 Å². The first-order valence-electron chi connectivity index (χ1n) is 8.54. The summed E-state index contributed by atoms with van der Waals surface area (Å²) in [4.78, 5) is 12.6. The average Bonchev–Trinajstić information content (AvgIpc) is 2.71. The molecule has 0 aliphatic rings. The van der Waals surface area contributed by atoms with Gasteiger partial charge in [0.1, 0.15) is 0 Å². The van der Waals surface area contributed by atoms with Crippen LogP contribution in [-0.2, 0) is 12.7 Å². The molecule has 1 amide bonds. The number of carbonyl (C=O) groups is 1. The first-order chi connectivity index (χ1) is 13.4.